The Kier molecular flexibility index (Phi) is 6.78. The second-order valence-corrected chi connectivity index (χ2v) is 8.93. The van der Waals surface area contributed by atoms with Crippen molar-refractivity contribution in [2.24, 2.45) is 0 Å². The molecule has 1 unspecified atom stereocenters. The summed E-state index contributed by atoms with van der Waals surface area (Å²) in [6.45, 7) is 5.97. The van der Waals surface area contributed by atoms with Crippen molar-refractivity contribution in [3.05, 3.63) is 94.2 Å². The average Bonchev–Trinajstić information content (AvgIpc) is 3.38. The van der Waals surface area contributed by atoms with E-state index < -0.39 is 17.7 Å². The Balaban J connectivity index is 1.78. The molecule has 3 aromatic rings. The number of amides is 1. The highest BCUT2D eigenvalue weighted by molar-refractivity contribution is 6.46. The fourth-order valence-electron chi connectivity index (χ4n) is 4.40. The molecule has 0 saturated carbocycles. The second-order valence-electron chi connectivity index (χ2n) is 8.93. The molecule has 4 rings (SSSR count). The summed E-state index contributed by atoms with van der Waals surface area (Å²) in [6.07, 6.45) is 0.406. The van der Waals surface area contributed by atoms with E-state index in [9.17, 15) is 19.1 Å². The number of ether oxygens (including phenoxy) is 1. The number of aryl methyl sites for hydroxylation is 1. The van der Waals surface area contributed by atoms with Crippen LogP contribution in [0.5, 0.6) is 5.75 Å². The summed E-state index contributed by atoms with van der Waals surface area (Å²) in [5.74, 6) is -0.311. The number of benzene rings is 2. The molecule has 1 fully saturated rings. The van der Waals surface area contributed by atoms with Gasteiger partial charge in [0.15, 0.2) is 0 Å². The number of nitrogens with zero attached hydrogens (tertiary/aromatic N) is 1. The molecule has 0 spiro atoms. The van der Waals surface area contributed by atoms with Crippen LogP contribution >= 0.6 is 0 Å². The minimum atomic E-state index is -0.881. The Morgan fingerprint density at radius 1 is 1.11 bits per heavy atom. The number of furan rings is 1. The summed E-state index contributed by atoms with van der Waals surface area (Å²) >= 11 is 0. The zero-order chi connectivity index (χ0) is 25.3. The van der Waals surface area contributed by atoms with E-state index in [0.717, 1.165) is 11.1 Å². The largest absolute Gasteiger partial charge is 0.507 e. The number of likely N-dealkylation sites (tertiary alicyclic amines) is 1. The van der Waals surface area contributed by atoms with Gasteiger partial charge in [0.05, 0.1) is 12.7 Å². The molecule has 6 nitrogen and oxygen atoms in total. The standard InChI is InChI=1S/C28H28FNO5/c1-16(2)21-15-19(8-12-22(21)34-4)26(31)24-25(23-11-5-17(3)35-23)30(28(33)27(24)32)14-13-18-6-9-20(29)10-7-18/h5-12,15-16,25,31H,13-14H2,1-4H3/b26-24-. The molecule has 7 heteroatoms. The first-order chi connectivity index (χ1) is 16.7. The lowest BCUT2D eigenvalue weighted by Crippen LogP contribution is -2.31. The normalized spacial score (nSPS) is 17.4. The summed E-state index contributed by atoms with van der Waals surface area (Å²) in [5, 5.41) is 11.3. The van der Waals surface area contributed by atoms with Gasteiger partial charge in [-0.3, -0.25) is 9.59 Å². The molecule has 182 valence electrons. The Labute approximate surface area is 203 Å². The molecular formula is C28H28FNO5. The predicted molar refractivity (Wildman–Crippen MR) is 130 cm³/mol. The van der Waals surface area contributed by atoms with E-state index in [2.05, 4.69) is 0 Å². The number of halogens is 1. The third-order valence-corrected chi connectivity index (χ3v) is 6.25. The van der Waals surface area contributed by atoms with Crippen LogP contribution in [0.4, 0.5) is 4.39 Å². The van der Waals surface area contributed by atoms with Gasteiger partial charge in [0.25, 0.3) is 11.7 Å². The number of carbonyl (C=O) groups excluding carboxylic acids is 2. The summed E-state index contributed by atoms with van der Waals surface area (Å²) in [4.78, 5) is 27.7. The molecule has 1 amide bonds. The highest BCUT2D eigenvalue weighted by Gasteiger charge is 2.47. The molecule has 1 aliphatic rings. The molecule has 1 atom stereocenters. The van der Waals surface area contributed by atoms with Gasteiger partial charge in [0, 0.05) is 12.1 Å². The number of aliphatic hydroxyl groups excluding tert-OH is 1. The van der Waals surface area contributed by atoms with Gasteiger partial charge in [0.2, 0.25) is 0 Å². The first-order valence-corrected chi connectivity index (χ1v) is 11.5. The minimum absolute atomic E-state index is 0.0247. The van der Waals surface area contributed by atoms with Crippen LogP contribution in [0.2, 0.25) is 0 Å². The number of hydrogen-bond donors (Lipinski definition) is 1. The number of carbonyl (C=O) groups is 2. The predicted octanol–water partition coefficient (Wildman–Crippen LogP) is 5.52. The third kappa shape index (κ3) is 4.71. The lowest BCUT2D eigenvalue weighted by atomic mass is 9.95. The van der Waals surface area contributed by atoms with Crippen LogP contribution in [-0.4, -0.2) is 35.4 Å². The van der Waals surface area contributed by atoms with Gasteiger partial charge in [-0.1, -0.05) is 26.0 Å². The van der Waals surface area contributed by atoms with Crippen molar-refractivity contribution in [2.45, 2.75) is 39.2 Å². The van der Waals surface area contributed by atoms with E-state index in [-0.39, 0.29) is 29.6 Å². The Hall–Kier alpha value is -3.87. The van der Waals surface area contributed by atoms with Crippen molar-refractivity contribution in [3.63, 3.8) is 0 Å². The second kappa shape index (κ2) is 9.78. The van der Waals surface area contributed by atoms with Gasteiger partial charge >= 0.3 is 0 Å². The van der Waals surface area contributed by atoms with E-state index in [1.807, 2.05) is 13.8 Å². The van der Waals surface area contributed by atoms with E-state index in [4.69, 9.17) is 9.15 Å². The molecule has 1 aliphatic heterocycles. The average molecular weight is 478 g/mol. The zero-order valence-electron chi connectivity index (χ0n) is 20.2. The number of rotatable bonds is 7. The van der Waals surface area contributed by atoms with Crippen LogP contribution in [0.15, 0.2) is 64.6 Å². The van der Waals surface area contributed by atoms with Crippen LogP contribution in [-0.2, 0) is 16.0 Å². The Morgan fingerprint density at radius 2 is 1.83 bits per heavy atom. The molecule has 0 aliphatic carbocycles. The van der Waals surface area contributed by atoms with Crippen molar-refractivity contribution >= 4 is 17.4 Å². The van der Waals surface area contributed by atoms with Crippen molar-refractivity contribution in [1.29, 1.82) is 0 Å². The fraction of sp³-hybridized carbons (Fsp3) is 0.286. The van der Waals surface area contributed by atoms with Gasteiger partial charge in [-0.05, 0) is 72.9 Å². The molecule has 0 radical (unpaired) electrons. The fourth-order valence-corrected chi connectivity index (χ4v) is 4.40. The molecule has 1 saturated heterocycles. The molecule has 1 N–H and O–H groups in total. The van der Waals surface area contributed by atoms with Crippen LogP contribution in [0, 0.1) is 12.7 Å². The summed E-state index contributed by atoms with van der Waals surface area (Å²) in [7, 11) is 1.58. The lowest BCUT2D eigenvalue weighted by molar-refractivity contribution is -0.140. The molecule has 2 heterocycles. The maximum atomic E-state index is 13.3. The van der Waals surface area contributed by atoms with E-state index in [1.165, 1.54) is 17.0 Å². The Morgan fingerprint density at radius 3 is 2.43 bits per heavy atom. The van der Waals surface area contributed by atoms with Crippen LogP contribution < -0.4 is 4.74 Å². The molecular weight excluding hydrogens is 449 g/mol. The first-order valence-electron chi connectivity index (χ1n) is 11.5. The number of ketones is 1. The van der Waals surface area contributed by atoms with Gasteiger partial charge in [-0.25, -0.2) is 4.39 Å². The maximum absolute atomic E-state index is 13.3. The minimum Gasteiger partial charge on any atom is -0.507 e. The Bertz CT molecular complexity index is 1290. The van der Waals surface area contributed by atoms with E-state index in [0.29, 0.717) is 29.3 Å². The van der Waals surface area contributed by atoms with E-state index in [1.54, 1.807) is 56.5 Å². The van der Waals surface area contributed by atoms with Gasteiger partial charge in [0.1, 0.15) is 34.9 Å². The zero-order valence-corrected chi connectivity index (χ0v) is 20.2. The monoisotopic (exact) mass is 477 g/mol. The van der Waals surface area contributed by atoms with Crippen molar-refractivity contribution < 1.29 is 28.2 Å². The number of Topliss-reactive ketones (excluding diaryl/α,β-unsaturated/α-hetero) is 1. The smallest absolute Gasteiger partial charge is 0.295 e. The summed E-state index contributed by atoms with van der Waals surface area (Å²) in [6, 6.07) is 13.7. The first kappa shape index (κ1) is 24.3. The maximum Gasteiger partial charge on any atom is 0.295 e. The molecule has 35 heavy (non-hydrogen) atoms. The SMILES string of the molecule is COc1ccc(/C(O)=C2/C(=O)C(=O)N(CCc3ccc(F)cc3)C2c2ccc(C)o2)cc1C(C)C. The topological polar surface area (TPSA) is 80.0 Å². The summed E-state index contributed by atoms with van der Waals surface area (Å²) in [5.41, 5.74) is 2.08. The van der Waals surface area contributed by atoms with Gasteiger partial charge in [-0.15, -0.1) is 0 Å². The van der Waals surface area contributed by atoms with Crippen molar-refractivity contribution in [2.75, 3.05) is 13.7 Å². The molecule has 1 aromatic heterocycles. The summed E-state index contributed by atoms with van der Waals surface area (Å²) < 4.78 is 24.5. The van der Waals surface area contributed by atoms with Gasteiger partial charge < -0.3 is 19.2 Å². The van der Waals surface area contributed by atoms with Crippen LogP contribution in [0.3, 0.4) is 0 Å². The number of hydrogen-bond acceptors (Lipinski definition) is 5. The third-order valence-electron chi connectivity index (χ3n) is 6.25. The van der Waals surface area contributed by atoms with Crippen molar-refractivity contribution in [3.8, 4) is 5.75 Å². The van der Waals surface area contributed by atoms with E-state index >= 15 is 0 Å². The highest BCUT2D eigenvalue weighted by Crippen LogP contribution is 2.41. The van der Waals surface area contributed by atoms with Gasteiger partial charge in [-0.2, -0.15) is 0 Å². The quantitative estimate of drug-likeness (QED) is 0.275. The lowest BCUT2D eigenvalue weighted by Gasteiger charge is -2.23. The highest BCUT2D eigenvalue weighted by atomic mass is 19.1. The van der Waals surface area contributed by atoms with Crippen molar-refractivity contribution in [1.82, 2.24) is 4.90 Å². The van der Waals surface area contributed by atoms with Crippen LogP contribution in [0.25, 0.3) is 5.76 Å². The molecule has 0 bridgehead atoms. The molecule has 2 aromatic carbocycles. The van der Waals surface area contributed by atoms with Crippen LogP contribution in [0.1, 0.15) is 54.0 Å². The number of methoxy groups -OCH3 is 1. The number of aliphatic hydroxyl groups is 1.